The van der Waals surface area contributed by atoms with Crippen molar-refractivity contribution in [3.63, 3.8) is 0 Å². The second-order valence-corrected chi connectivity index (χ2v) is 6.08. The summed E-state index contributed by atoms with van der Waals surface area (Å²) in [5.74, 6) is -0.309. The first-order valence-electron chi connectivity index (χ1n) is 8.28. The molecule has 128 valence electrons. The van der Waals surface area contributed by atoms with Crippen molar-refractivity contribution in [1.29, 1.82) is 0 Å². The maximum absolute atomic E-state index is 13.3. The van der Waals surface area contributed by atoms with Gasteiger partial charge in [-0.15, -0.1) is 0 Å². The Morgan fingerprint density at radius 2 is 1.83 bits per heavy atom. The third-order valence-electron chi connectivity index (χ3n) is 4.20. The molecular weight excluding hydrogens is 305 g/mol. The fourth-order valence-corrected chi connectivity index (χ4v) is 2.79. The lowest BCUT2D eigenvalue weighted by molar-refractivity contribution is -0.121. The number of aliphatic hydroxyl groups excluding tert-OH is 1. The molecule has 1 amide bonds. The molecule has 0 saturated heterocycles. The highest BCUT2D eigenvalue weighted by Gasteiger charge is 2.15. The summed E-state index contributed by atoms with van der Waals surface area (Å²) < 4.78 is 13.3. The summed E-state index contributed by atoms with van der Waals surface area (Å²) in [6.45, 7) is 2.48. The lowest BCUT2D eigenvalue weighted by Gasteiger charge is -2.18. The average Bonchev–Trinajstić information content (AvgIpc) is 2.59. The van der Waals surface area contributed by atoms with Crippen LogP contribution in [0, 0.1) is 5.82 Å². The normalized spacial score (nSPS) is 13.3. The Bertz CT molecular complexity index is 645. The first kappa shape index (κ1) is 18.1. The van der Waals surface area contributed by atoms with Gasteiger partial charge in [0.1, 0.15) is 5.82 Å². The van der Waals surface area contributed by atoms with Crippen molar-refractivity contribution in [2.75, 3.05) is 13.2 Å². The van der Waals surface area contributed by atoms with Gasteiger partial charge in [0.05, 0.1) is 0 Å². The molecular formula is C20H24FNO2. The minimum atomic E-state index is -0.285. The van der Waals surface area contributed by atoms with Gasteiger partial charge in [-0.3, -0.25) is 4.79 Å². The van der Waals surface area contributed by atoms with E-state index in [1.165, 1.54) is 12.1 Å². The summed E-state index contributed by atoms with van der Waals surface area (Å²) >= 11 is 0. The zero-order valence-corrected chi connectivity index (χ0v) is 13.9. The van der Waals surface area contributed by atoms with Crippen molar-refractivity contribution < 1.29 is 14.3 Å². The summed E-state index contributed by atoms with van der Waals surface area (Å²) in [7, 11) is 0. The minimum Gasteiger partial charge on any atom is -0.396 e. The van der Waals surface area contributed by atoms with Crippen LogP contribution in [0.4, 0.5) is 4.39 Å². The molecule has 0 fully saturated rings. The Morgan fingerprint density at radius 1 is 1.12 bits per heavy atom. The summed E-state index contributed by atoms with van der Waals surface area (Å²) in [6, 6.07) is 16.2. The second-order valence-electron chi connectivity index (χ2n) is 6.08. The quantitative estimate of drug-likeness (QED) is 0.777. The summed E-state index contributed by atoms with van der Waals surface area (Å²) in [5, 5.41) is 12.2. The lowest BCUT2D eigenvalue weighted by Crippen LogP contribution is -2.29. The summed E-state index contributed by atoms with van der Waals surface area (Å²) in [5.41, 5.74) is 1.92. The topological polar surface area (TPSA) is 49.3 Å². The van der Waals surface area contributed by atoms with Crippen molar-refractivity contribution in [3.8, 4) is 0 Å². The van der Waals surface area contributed by atoms with E-state index in [4.69, 9.17) is 0 Å². The zero-order valence-electron chi connectivity index (χ0n) is 13.9. The number of carbonyl (C=O) groups excluding carboxylic acids is 1. The van der Waals surface area contributed by atoms with E-state index in [2.05, 4.69) is 5.32 Å². The number of hydrogen-bond acceptors (Lipinski definition) is 2. The molecule has 0 aliphatic carbocycles. The van der Waals surface area contributed by atoms with Crippen LogP contribution in [-0.4, -0.2) is 24.2 Å². The second kappa shape index (κ2) is 9.18. The SMILES string of the molecule is CC(CC(=O)NCC(CCO)c1ccccc1)c1cccc(F)c1. The molecule has 0 saturated carbocycles. The number of amides is 1. The number of hydrogen-bond donors (Lipinski definition) is 2. The monoisotopic (exact) mass is 329 g/mol. The van der Waals surface area contributed by atoms with Crippen molar-refractivity contribution in [2.45, 2.75) is 31.6 Å². The van der Waals surface area contributed by atoms with E-state index in [1.54, 1.807) is 6.07 Å². The summed E-state index contributed by atoms with van der Waals surface area (Å²) in [6.07, 6.45) is 0.911. The molecule has 2 aromatic rings. The molecule has 0 bridgehead atoms. The molecule has 2 N–H and O–H groups in total. The first-order chi connectivity index (χ1) is 11.6. The molecule has 0 heterocycles. The fraction of sp³-hybridized carbons (Fsp3) is 0.350. The van der Waals surface area contributed by atoms with Crippen molar-refractivity contribution in [1.82, 2.24) is 5.32 Å². The maximum Gasteiger partial charge on any atom is 0.220 e. The molecule has 2 atom stereocenters. The molecule has 0 spiro atoms. The Morgan fingerprint density at radius 3 is 2.50 bits per heavy atom. The standard InChI is InChI=1S/C20H24FNO2/c1-15(17-8-5-9-19(21)13-17)12-20(24)22-14-18(10-11-23)16-6-3-2-4-7-16/h2-9,13,15,18,23H,10-12,14H2,1H3,(H,22,24). The molecule has 2 aromatic carbocycles. The largest absolute Gasteiger partial charge is 0.396 e. The fourth-order valence-electron chi connectivity index (χ4n) is 2.79. The lowest BCUT2D eigenvalue weighted by atomic mass is 9.95. The van der Waals surface area contributed by atoms with Crippen molar-refractivity contribution >= 4 is 5.91 Å². The highest BCUT2D eigenvalue weighted by molar-refractivity contribution is 5.76. The van der Waals surface area contributed by atoms with Crippen molar-refractivity contribution in [2.24, 2.45) is 0 Å². The molecule has 24 heavy (non-hydrogen) atoms. The van der Waals surface area contributed by atoms with Crippen LogP contribution in [0.15, 0.2) is 54.6 Å². The smallest absolute Gasteiger partial charge is 0.220 e. The van der Waals surface area contributed by atoms with E-state index in [-0.39, 0.29) is 30.2 Å². The van der Waals surface area contributed by atoms with Gasteiger partial charge < -0.3 is 10.4 Å². The highest BCUT2D eigenvalue weighted by atomic mass is 19.1. The van der Waals surface area contributed by atoms with E-state index in [0.717, 1.165) is 11.1 Å². The molecule has 3 nitrogen and oxygen atoms in total. The maximum atomic E-state index is 13.3. The van der Waals surface area contributed by atoms with Crippen LogP contribution >= 0.6 is 0 Å². The third kappa shape index (κ3) is 5.46. The Balaban J connectivity index is 1.89. The van der Waals surface area contributed by atoms with E-state index < -0.39 is 0 Å². The first-order valence-corrected chi connectivity index (χ1v) is 8.28. The molecule has 2 unspecified atom stereocenters. The number of halogens is 1. The van der Waals surface area contributed by atoms with Gasteiger partial charge in [0.15, 0.2) is 0 Å². The predicted octanol–water partition coefficient (Wildman–Crippen LogP) is 3.60. The van der Waals surface area contributed by atoms with Gasteiger partial charge in [0.2, 0.25) is 5.91 Å². The molecule has 0 radical (unpaired) electrons. The Labute approximate surface area is 142 Å². The van der Waals surface area contributed by atoms with Crippen LogP contribution < -0.4 is 5.32 Å². The van der Waals surface area contributed by atoms with Gasteiger partial charge in [-0.1, -0.05) is 49.4 Å². The number of aliphatic hydroxyl groups is 1. The van der Waals surface area contributed by atoms with Gasteiger partial charge in [-0.2, -0.15) is 0 Å². The van der Waals surface area contributed by atoms with Gasteiger partial charge in [0.25, 0.3) is 0 Å². The van der Waals surface area contributed by atoms with Crippen LogP contribution in [0.5, 0.6) is 0 Å². The number of benzene rings is 2. The molecule has 0 aliphatic heterocycles. The van der Waals surface area contributed by atoms with Gasteiger partial charge in [-0.05, 0) is 35.6 Å². The van der Waals surface area contributed by atoms with Crippen LogP contribution in [0.25, 0.3) is 0 Å². The minimum absolute atomic E-state index is 0.0475. The van der Waals surface area contributed by atoms with Crippen LogP contribution in [0.3, 0.4) is 0 Å². The van der Waals surface area contributed by atoms with E-state index >= 15 is 0 Å². The van der Waals surface area contributed by atoms with Crippen molar-refractivity contribution in [3.05, 3.63) is 71.5 Å². The Kier molecular flexibility index (Phi) is 6.94. The zero-order chi connectivity index (χ0) is 17.4. The molecule has 4 heteroatoms. The van der Waals surface area contributed by atoms with Crippen LogP contribution in [0.2, 0.25) is 0 Å². The highest BCUT2D eigenvalue weighted by Crippen LogP contribution is 2.21. The van der Waals surface area contributed by atoms with E-state index in [0.29, 0.717) is 19.4 Å². The van der Waals surface area contributed by atoms with E-state index in [9.17, 15) is 14.3 Å². The average molecular weight is 329 g/mol. The van der Waals surface area contributed by atoms with Crippen LogP contribution in [-0.2, 0) is 4.79 Å². The van der Waals surface area contributed by atoms with Crippen LogP contribution in [0.1, 0.15) is 42.7 Å². The number of nitrogens with one attached hydrogen (secondary N) is 1. The number of rotatable bonds is 8. The van der Waals surface area contributed by atoms with Gasteiger partial charge >= 0.3 is 0 Å². The predicted molar refractivity (Wildman–Crippen MR) is 93.3 cm³/mol. The third-order valence-corrected chi connectivity index (χ3v) is 4.20. The molecule has 0 aromatic heterocycles. The van der Waals surface area contributed by atoms with Gasteiger partial charge in [-0.25, -0.2) is 4.39 Å². The molecule has 2 rings (SSSR count). The van der Waals surface area contributed by atoms with Gasteiger partial charge in [0, 0.05) is 25.5 Å². The summed E-state index contributed by atoms with van der Waals surface area (Å²) in [4.78, 5) is 12.2. The number of carbonyl (C=O) groups is 1. The molecule has 0 aliphatic rings. The van der Waals surface area contributed by atoms with E-state index in [1.807, 2.05) is 43.3 Å². The Hall–Kier alpha value is -2.20.